The molecule has 1 unspecified atom stereocenters. The van der Waals surface area contributed by atoms with Gasteiger partial charge in [-0.2, -0.15) is 0 Å². The Balaban J connectivity index is 1.92. The maximum absolute atomic E-state index is 9.97. The van der Waals surface area contributed by atoms with E-state index in [2.05, 4.69) is 5.16 Å². The number of hydrogen-bond acceptors (Lipinski definition) is 8. The Hall–Kier alpha value is -3.29. The molecule has 0 saturated heterocycles. The summed E-state index contributed by atoms with van der Waals surface area (Å²) in [5.74, 6) is 2.23. The van der Waals surface area contributed by atoms with E-state index >= 15 is 0 Å². The van der Waals surface area contributed by atoms with Gasteiger partial charge < -0.3 is 33.6 Å². The summed E-state index contributed by atoms with van der Waals surface area (Å²) in [5, 5.41) is 14.2. The molecule has 0 saturated carbocycles. The first-order valence-corrected chi connectivity index (χ1v) is 8.54. The molecule has 2 aromatic carbocycles. The van der Waals surface area contributed by atoms with Crippen molar-refractivity contribution in [3.05, 3.63) is 35.4 Å². The van der Waals surface area contributed by atoms with Crippen molar-refractivity contribution in [2.24, 2.45) is 5.16 Å². The molecule has 150 valence electrons. The lowest BCUT2D eigenvalue weighted by Gasteiger charge is -2.16. The zero-order chi connectivity index (χ0) is 20.3. The minimum Gasteiger partial charge on any atom is -0.504 e. The molecule has 8 heteroatoms. The number of hydrogen-bond donors (Lipinski definition) is 1. The van der Waals surface area contributed by atoms with E-state index in [0.29, 0.717) is 40.7 Å². The van der Waals surface area contributed by atoms with Crippen LogP contribution in [-0.4, -0.2) is 46.4 Å². The van der Waals surface area contributed by atoms with Crippen LogP contribution in [0.1, 0.15) is 23.7 Å². The second-order valence-corrected chi connectivity index (χ2v) is 5.99. The topological polar surface area (TPSA) is 88.0 Å². The van der Waals surface area contributed by atoms with Crippen molar-refractivity contribution < 1.29 is 33.6 Å². The van der Waals surface area contributed by atoms with E-state index in [1.54, 1.807) is 27.4 Å². The number of phenols is 1. The van der Waals surface area contributed by atoms with Crippen molar-refractivity contribution in [1.29, 1.82) is 0 Å². The van der Waals surface area contributed by atoms with Gasteiger partial charge in [0.25, 0.3) is 0 Å². The number of oxime groups is 1. The van der Waals surface area contributed by atoms with Crippen molar-refractivity contribution in [3.8, 4) is 34.5 Å². The van der Waals surface area contributed by atoms with Gasteiger partial charge in [-0.25, -0.2) is 0 Å². The van der Waals surface area contributed by atoms with Crippen LogP contribution in [0.2, 0.25) is 0 Å². The summed E-state index contributed by atoms with van der Waals surface area (Å²) in [5.41, 5.74) is 2.19. The fraction of sp³-hybridized carbons (Fsp3) is 0.350. The molecule has 0 bridgehead atoms. The lowest BCUT2D eigenvalue weighted by Crippen LogP contribution is -2.06. The SMILES string of the molecule is COc1cc(C2CC(c3ccc(O)c(OC)c3OC)=NO2)cc(OC)c1OC. The number of phenolic OH excluding ortho intramolecular Hbond substituents is 1. The van der Waals surface area contributed by atoms with Crippen LogP contribution in [0.25, 0.3) is 0 Å². The number of aromatic hydroxyl groups is 1. The van der Waals surface area contributed by atoms with E-state index in [-0.39, 0.29) is 17.6 Å². The van der Waals surface area contributed by atoms with Gasteiger partial charge in [0.15, 0.2) is 29.1 Å². The van der Waals surface area contributed by atoms with E-state index < -0.39 is 0 Å². The lowest BCUT2D eigenvalue weighted by atomic mass is 9.98. The molecule has 2 aromatic rings. The van der Waals surface area contributed by atoms with Crippen LogP contribution in [0.3, 0.4) is 0 Å². The smallest absolute Gasteiger partial charge is 0.203 e. The van der Waals surface area contributed by atoms with Crippen LogP contribution >= 0.6 is 0 Å². The molecule has 1 aliphatic heterocycles. The number of benzene rings is 2. The summed E-state index contributed by atoms with van der Waals surface area (Å²) in [6.45, 7) is 0. The lowest BCUT2D eigenvalue weighted by molar-refractivity contribution is 0.0853. The second kappa shape index (κ2) is 8.16. The fourth-order valence-electron chi connectivity index (χ4n) is 3.18. The maximum atomic E-state index is 9.97. The summed E-state index contributed by atoms with van der Waals surface area (Å²) in [6.07, 6.45) is 0.149. The van der Waals surface area contributed by atoms with Crippen LogP contribution < -0.4 is 23.7 Å². The Morgan fingerprint density at radius 3 is 2.00 bits per heavy atom. The summed E-state index contributed by atoms with van der Waals surface area (Å²) in [7, 11) is 7.65. The molecule has 1 N–H and O–H groups in total. The summed E-state index contributed by atoms with van der Waals surface area (Å²) >= 11 is 0. The summed E-state index contributed by atoms with van der Waals surface area (Å²) < 4.78 is 26.8. The van der Waals surface area contributed by atoms with Crippen molar-refractivity contribution >= 4 is 5.71 Å². The van der Waals surface area contributed by atoms with Crippen molar-refractivity contribution in [3.63, 3.8) is 0 Å². The van der Waals surface area contributed by atoms with Crippen LogP contribution in [0.4, 0.5) is 0 Å². The summed E-state index contributed by atoms with van der Waals surface area (Å²) in [6, 6.07) is 6.92. The number of nitrogens with zero attached hydrogens (tertiary/aromatic N) is 1. The molecule has 0 radical (unpaired) electrons. The molecule has 8 nitrogen and oxygen atoms in total. The highest BCUT2D eigenvalue weighted by molar-refractivity contribution is 6.04. The highest BCUT2D eigenvalue weighted by Crippen LogP contribution is 2.44. The normalized spacial score (nSPS) is 15.5. The van der Waals surface area contributed by atoms with Crippen molar-refractivity contribution in [1.82, 2.24) is 0 Å². The Kier molecular flexibility index (Phi) is 5.67. The van der Waals surface area contributed by atoms with Gasteiger partial charge in [0.2, 0.25) is 11.5 Å². The van der Waals surface area contributed by atoms with Gasteiger partial charge in [-0.3, -0.25) is 0 Å². The molecule has 0 spiro atoms. The Labute approximate surface area is 163 Å². The average molecular weight is 389 g/mol. The van der Waals surface area contributed by atoms with Crippen LogP contribution in [0, 0.1) is 0 Å². The molecule has 3 rings (SSSR count). The number of ether oxygens (including phenoxy) is 5. The first-order valence-electron chi connectivity index (χ1n) is 8.54. The van der Waals surface area contributed by atoms with Crippen molar-refractivity contribution in [2.45, 2.75) is 12.5 Å². The molecule has 1 aliphatic rings. The van der Waals surface area contributed by atoms with Crippen LogP contribution in [-0.2, 0) is 4.84 Å². The van der Waals surface area contributed by atoms with E-state index in [4.69, 9.17) is 28.5 Å². The third kappa shape index (κ3) is 3.33. The standard InChI is InChI=1S/C20H23NO7/c1-23-16-8-11(9-17(24-2)20(16)27-5)15-10-13(21-28-15)12-6-7-14(22)19(26-4)18(12)25-3/h6-9,15,22H,10H2,1-5H3. The summed E-state index contributed by atoms with van der Waals surface area (Å²) in [4.78, 5) is 5.66. The maximum Gasteiger partial charge on any atom is 0.203 e. The molecule has 0 amide bonds. The minimum absolute atomic E-state index is 0.0104. The van der Waals surface area contributed by atoms with Crippen molar-refractivity contribution in [2.75, 3.05) is 35.5 Å². The van der Waals surface area contributed by atoms with E-state index in [9.17, 15) is 5.11 Å². The van der Waals surface area contributed by atoms with Gasteiger partial charge in [0, 0.05) is 17.5 Å². The minimum atomic E-state index is -0.340. The van der Waals surface area contributed by atoms with E-state index in [1.165, 1.54) is 20.3 Å². The third-order valence-electron chi connectivity index (χ3n) is 4.54. The Morgan fingerprint density at radius 1 is 0.857 bits per heavy atom. The quantitative estimate of drug-likeness (QED) is 0.777. The molecule has 0 aromatic heterocycles. The van der Waals surface area contributed by atoms with Gasteiger partial charge in [-0.1, -0.05) is 5.16 Å². The van der Waals surface area contributed by atoms with Gasteiger partial charge in [-0.05, 0) is 24.3 Å². The Morgan fingerprint density at radius 2 is 1.46 bits per heavy atom. The monoisotopic (exact) mass is 389 g/mol. The van der Waals surface area contributed by atoms with Gasteiger partial charge >= 0.3 is 0 Å². The highest BCUT2D eigenvalue weighted by atomic mass is 16.6. The van der Waals surface area contributed by atoms with Gasteiger partial charge in [-0.15, -0.1) is 0 Å². The third-order valence-corrected chi connectivity index (χ3v) is 4.54. The zero-order valence-electron chi connectivity index (χ0n) is 16.4. The van der Waals surface area contributed by atoms with Crippen LogP contribution in [0.15, 0.2) is 29.4 Å². The first kappa shape index (κ1) is 19.5. The zero-order valence-corrected chi connectivity index (χ0v) is 16.4. The molecular formula is C20H23NO7. The Bertz CT molecular complexity index is 869. The molecule has 1 heterocycles. The number of rotatable bonds is 7. The molecule has 1 atom stereocenters. The average Bonchev–Trinajstić information content (AvgIpc) is 3.22. The number of methoxy groups -OCH3 is 5. The van der Waals surface area contributed by atoms with E-state index in [1.807, 2.05) is 12.1 Å². The van der Waals surface area contributed by atoms with Gasteiger partial charge in [0.1, 0.15) is 0 Å². The van der Waals surface area contributed by atoms with E-state index in [0.717, 1.165) is 5.56 Å². The molecular weight excluding hydrogens is 366 g/mol. The highest BCUT2D eigenvalue weighted by Gasteiger charge is 2.29. The van der Waals surface area contributed by atoms with Crippen LogP contribution in [0.5, 0.6) is 34.5 Å². The molecule has 0 aliphatic carbocycles. The molecule has 0 fully saturated rings. The predicted molar refractivity (Wildman–Crippen MR) is 102 cm³/mol. The first-order chi connectivity index (χ1) is 13.6. The fourth-order valence-corrected chi connectivity index (χ4v) is 3.18. The molecule has 28 heavy (non-hydrogen) atoms. The largest absolute Gasteiger partial charge is 0.504 e. The van der Waals surface area contributed by atoms with Gasteiger partial charge in [0.05, 0.1) is 41.3 Å². The second-order valence-electron chi connectivity index (χ2n) is 5.99. The predicted octanol–water partition coefficient (Wildman–Crippen LogP) is 3.30.